The van der Waals surface area contributed by atoms with E-state index in [1.54, 1.807) is 0 Å². The van der Waals surface area contributed by atoms with Gasteiger partial charge in [0.2, 0.25) is 17.7 Å². The van der Waals surface area contributed by atoms with Gasteiger partial charge in [-0.25, -0.2) is 0 Å². The molecule has 0 radical (unpaired) electrons. The molecule has 2 aromatic rings. The Labute approximate surface area is 158 Å². The van der Waals surface area contributed by atoms with Gasteiger partial charge >= 0.3 is 0 Å². The van der Waals surface area contributed by atoms with Crippen molar-refractivity contribution < 1.29 is 14.4 Å². The monoisotopic (exact) mass is 370 g/mol. The number of pyridine rings is 1. The molecule has 0 aliphatic rings. The lowest BCUT2D eigenvalue weighted by atomic mass is 10.0. The molecule has 0 spiro atoms. The molecule has 0 saturated heterocycles. The predicted octanol–water partition coefficient (Wildman–Crippen LogP) is 1.30. The number of nitrogens with one attached hydrogen (secondary N) is 2. The lowest BCUT2D eigenvalue weighted by Crippen LogP contribution is -2.53. The molecule has 144 valence electrons. The number of amides is 3. The topological polar surface area (TPSA) is 114 Å². The molecule has 1 aromatic heterocycles. The normalized spacial score (nSPS) is 13.2. The maximum absolute atomic E-state index is 12.6. The number of hydrogen-bond donors (Lipinski definition) is 3. The summed E-state index contributed by atoms with van der Waals surface area (Å²) in [6, 6.07) is 9.74. The summed E-state index contributed by atoms with van der Waals surface area (Å²) in [6.07, 6.45) is 0.644. The number of carbonyl (C=O) groups is 3. The molecule has 2 atom stereocenters. The number of para-hydroxylation sites is 1. The first-order valence-corrected chi connectivity index (χ1v) is 8.97. The number of aromatic nitrogens is 1. The van der Waals surface area contributed by atoms with E-state index in [-0.39, 0.29) is 18.2 Å². The zero-order valence-electron chi connectivity index (χ0n) is 15.9. The molecule has 2 rings (SSSR count). The number of carbonyl (C=O) groups excluding carboxylic acids is 3. The Morgan fingerprint density at radius 3 is 2.37 bits per heavy atom. The molecule has 7 nitrogen and oxygen atoms in total. The predicted molar refractivity (Wildman–Crippen MR) is 104 cm³/mol. The van der Waals surface area contributed by atoms with Gasteiger partial charge in [-0.15, -0.1) is 0 Å². The van der Waals surface area contributed by atoms with Crippen LogP contribution in [0.5, 0.6) is 0 Å². The SMILES string of the molecule is CC(=O)N[C@@H](CC(C)C)C(=O)N[C@@H](Cc1ccc2ccccc2n1)C(N)=O. The number of rotatable bonds is 8. The Morgan fingerprint density at radius 1 is 1.04 bits per heavy atom. The average molecular weight is 370 g/mol. The van der Waals surface area contributed by atoms with Crippen molar-refractivity contribution in [2.75, 3.05) is 0 Å². The second kappa shape index (κ2) is 9.12. The Morgan fingerprint density at radius 2 is 1.74 bits per heavy atom. The van der Waals surface area contributed by atoms with E-state index in [0.29, 0.717) is 12.1 Å². The van der Waals surface area contributed by atoms with Crippen molar-refractivity contribution in [3.05, 3.63) is 42.1 Å². The van der Waals surface area contributed by atoms with E-state index in [4.69, 9.17) is 5.73 Å². The number of benzene rings is 1. The average Bonchev–Trinajstić information content (AvgIpc) is 2.59. The molecule has 27 heavy (non-hydrogen) atoms. The smallest absolute Gasteiger partial charge is 0.243 e. The maximum atomic E-state index is 12.6. The number of hydrogen-bond acceptors (Lipinski definition) is 4. The molecule has 4 N–H and O–H groups in total. The first-order valence-electron chi connectivity index (χ1n) is 8.97. The van der Waals surface area contributed by atoms with Crippen LogP contribution in [0.2, 0.25) is 0 Å². The maximum Gasteiger partial charge on any atom is 0.243 e. The summed E-state index contributed by atoms with van der Waals surface area (Å²) in [4.78, 5) is 40.3. The fraction of sp³-hybridized carbons (Fsp3) is 0.400. The minimum atomic E-state index is -0.908. The third-order valence-electron chi connectivity index (χ3n) is 4.13. The molecule has 0 bridgehead atoms. The molecule has 1 aromatic carbocycles. The van der Waals surface area contributed by atoms with Gasteiger partial charge in [0.1, 0.15) is 12.1 Å². The second-order valence-corrected chi connectivity index (χ2v) is 7.05. The van der Waals surface area contributed by atoms with Crippen LogP contribution < -0.4 is 16.4 Å². The van der Waals surface area contributed by atoms with Crippen molar-refractivity contribution in [1.29, 1.82) is 0 Å². The van der Waals surface area contributed by atoms with E-state index < -0.39 is 23.9 Å². The molecule has 0 fully saturated rings. The molecule has 0 unspecified atom stereocenters. The zero-order chi connectivity index (χ0) is 20.0. The van der Waals surface area contributed by atoms with Crippen LogP contribution in [0.1, 0.15) is 32.9 Å². The molecule has 3 amide bonds. The highest BCUT2D eigenvalue weighted by Crippen LogP contribution is 2.13. The minimum absolute atomic E-state index is 0.181. The number of fused-ring (bicyclic) bond motifs is 1. The van der Waals surface area contributed by atoms with Crippen LogP contribution in [-0.4, -0.2) is 34.8 Å². The fourth-order valence-corrected chi connectivity index (χ4v) is 2.87. The summed E-state index contributed by atoms with van der Waals surface area (Å²) < 4.78 is 0. The number of nitrogens with zero attached hydrogens (tertiary/aromatic N) is 1. The first kappa shape index (κ1) is 20.4. The lowest BCUT2D eigenvalue weighted by molar-refractivity contribution is -0.131. The van der Waals surface area contributed by atoms with Crippen LogP contribution in [0.3, 0.4) is 0 Å². The van der Waals surface area contributed by atoms with Gasteiger partial charge in [0, 0.05) is 24.4 Å². The zero-order valence-corrected chi connectivity index (χ0v) is 15.9. The van der Waals surface area contributed by atoms with Gasteiger partial charge in [-0.3, -0.25) is 19.4 Å². The second-order valence-electron chi connectivity index (χ2n) is 7.05. The third kappa shape index (κ3) is 6.06. The fourth-order valence-electron chi connectivity index (χ4n) is 2.87. The van der Waals surface area contributed by atoms with Gasteiger partial charge in [-0.05, 0) is 24.5 Å². The van der Waals surface area contributed by atoms with Crippen molar-refractivity contribution in [3.63, 3.8) is 0 Å². The molecule has 0 aliphatic carbocycles. The molecule has 0 aliphatic heterocycles. The van der Waals surface area contributed by atoms with E-state index in [1.165, 1.54) is 6.92 Å². The van der Waals surface area contributed by atoms with E-state index in [2.05, 4.69) is 15.6 Å². The highest BCUT2D eigenvalue weighted by molar-refractivity contribution is 5.91. The first-order chi connectivity index (χ1) is 12.8. The van der Waals surface area contributed by atoms with Crippen LogP contribution in [-0.2, 0) is 20.8 Å². The highest BCUT2D eigenvalue weighted by atomic mass is 16.2. The lowest BCUT2D eigenvalue weighted by Gasteiger charge is -2.22. The van der Waals surface area contributed by atoms with Crippen LogP contribution in [0.15, 0.2) is 36.4 Å². The van der Waals surface area contributed by atoms with Crippen LogP contribution in [0, 0.1) is 5.92 Å². The van der Waals surface area contributed by atoms with E-state index >= 15 is 0 Å². The molecule has 0 saturated carbocycles. The van der Waals surface area contributed by atoms with Gasteiger partial charge < -0.3 is 16.4 Å². The summed E-state index contributed by atoms with van der Waals surface area (Å²) in [6.45, 7) is 5.25. The Hall–Kier alpha value is -2.96. The van der Waals surface area contributed by atoms with E-state index in [0.717, 1.165) is 10.9 Å². The van der Waals surface area contributed by atoms with Gasteiger partial charge in [-0.1, -0.05) is 38.1 Å². The Kier molecular flexibility index (Phi) is 6.87. The van der Waals surface area contributed by atoms with Crippen molar-refractivity contribution in [3.8, 4) is 0 Å². The van der Waals surface area contributed by atoms with Crippen LogP contribution in [0.25, 0.3) is 10.9 Å². The molecular formula is C20H26N4O3. The van der Waals surface area contributed by atoms with Crippen molar-refractivity contribution in [2.24, 2.45) is 11.7 Å². The summed E-state index contributed by atoms with van der Waals surface area (Å²) in [5.41, 5.74) is 6.94. The number of nitrogens with two attached hydrogens (primary N) is 1. The van der Waals surface area contributed by atoms with Gasteiger partial charge in [0.05, 0.1) is 5.52 Å². The summed E-state index contributed by atoms with van der Waals surface area (Å²) in [5.74, 6) is -1.18. The van der Waals surface area contributed by atoms with E-state index in [1.807, 2.05) is 50.2 Å². The minimum Gasteiger partial charge on any atom is -0.368 e. The standard InChI is InChI=1S/C20H26N4O3/c1-12(2)10-18(22-13(3)25)20(27)24-17(19(21)26)11-15-9-8-14-6-4-5-7-16(14)23-15/h4-9,12,17-18H,10-11H2,1-3H3,(H2,21,26)(H,22,25)(H,24,27)/t17-,18-/m0/s1. The van der Waals surface area contributed by atoms with Crippen molar-refractivity contribution in [1.82, 2.24) is 15.6 Å². The molecule has 7 heteroatoms. The largest absolute Gasteiger partial charge is 0.368 e. The van der Waals surface area contributed by atoms with Gasteiger partial charge in [0.15, 0.2) is 0 Å². The van der Waals surface area contributed by atoms with Gasteiger partial charge in [-0.2, -0.15) is 0 Å². The molecular weight excluding hydrogens is 344 g/mol. The quantitative estimate of drug-likeness (QED) is 0.650. The van der Waals surface area contributed by atoms with Gasteiger partial charge in [0.25, 0.3) is 0 Å². The van der Waals surface area contributed by atoms with Crippen LogP contribution >= 0.6 is 0 Å². The Bertz CT molecular complexity index is 835. The summed E-state index contributed by atoms with van der Waals surface area (Å²) in [7, 11) is 0. The van der Waals surface area contributed by atoms with Crippen molar-refractivity contribution >= 4 is 28.6 Å². The summed E-state index contributed by atoms with van der Waals surface area (Å²) >= 11 is 0. The van der Waals surface area contributed by atoms with Crippen LogP contribution in [0.4, 0.5) is 0 Å². The highest BCUT2D eigenvalue weighted by Gasteiger charge is 2.26. The van der Waals surface area contributed by atoms with E-state index in [9.17, 15) is 14.4 Å². The molecule has 1 heterocycles. The third-order valence-corrected chi connectivity index (χ3v) is 4.13. The summed E-state index contributed by atoms with van der Waals surface area (Å²) in [5, 5.41) is 6.27. The number of primary amides is 1. The Balaban J connectivity index is 2.14. The van der Waals surface area contributed by atoms with Crippen molar-refractivity contribution in [2.45, 2.75) is 45.7 Å².